The number of carbonyl (C=O) groups is 1. The number of aliphatic carboxylic acids is 1. The molecule has 1 heterocycles. The van der Waals surface area contributed by atoms with Crippen molar-refractivity contribution in [2.45, 2.75) is 31.3 Å². The van der Waals surface area contributed by atoms with Crippen LogP contribution < -0.4 is 5.32 Å². The van der Waals surface area contributed by atoms with Gasteiger partial charge in [-0.15, -0.1) is 0 Å². The molecule has 1 aromatic heterocycles. The number of hydrogen-bond acceptors (Lipinski definition) is 5. The van der Waals surface area contributed by atoms with Crippen molar-refractivity contribution in [3.05, 3.63) is 35.1 Å². The first kappa shape index (κ1) is 14.0. The van der Waals surface area contributed by atoms with Gasteiger partial charge in [0.05, 0.1) is 17.1 Å². The lowest BCUT2D eigenvalue weighted by atomic mass is 9.77. The van der Waals surface area contributed by atoms with Crippen LogP contribution in [0.3, 0.4) is 0 Å². The summed E-state index contributed by atoms with van der Waals surface area (Å²) in [5.74, 6) is -0.0867. The number of carboxylic acid groups (broad SMARTS) is 1. The molecule has 1 aromatic carbocycles. The molecule has 0 radical (unpaired) electrons. The summed E-state index contributed by atoms with van der Waals surface area (Å²) in [5.41, 5.74) is -0.180. The van der Waals surface area contributed by atoms with Crippen molar-refractivity contribution in [1.29, 1.82) is 0 Å². The van der Waals surface area contributed by atoms with Gasteiger partial charge in [0.2, 0.25) is 0 Å². The molecule has 1 aliphatic rings. The number of halogens is 1. The van der Waals surface area contributed by atoms with Gasteiger partial charge in [-0.1, -0.05) is 28.9 Å². The third kappa shape index (κ3) is 2.64. The van der Waals surface area contributed by atoms with E-state index in [9.17, 15) is 9.90 Å². The van der Waals surface area contributed by atoms with Gasteiger partial charge in [0.1, 0.15) is 5.54 Å². The number of nitrogens with one attached hydrogen (secondary N) is 1. The molecule has 2 N–H and O–H groups in total. The minimum Gasteiger partial charge on any atom is -0.480 e. The van der Waals surface area contributed by atoms with E-state index < -0.39 is 11.5 Å². The smallest absolute Gasteiger partial charge is 0.323 e. The van der Waals surface area contributed by atoms with E-state index in [4.69, 9.17) is 16.1 Å². The lowest BCUT2D eigenvalue weighted by Gasteiger charge is -2.38. The monoisotopic (exact) mass is 307 g/mol. The van der Waals surface area contributed by atoms with E-state index >= 15 is 0 Å². The maximum absolute atomic E-state index is 11.3. The SMILES string of the molecule is O=C(O)C1(NCc2noc(-c3ccccc3Cl)n2)CCC1. The molecule has 0 aliphatic heterocycles. The van der Waals surface area contributed by atoms with Gasteiger partial charge >= 0.3 is 5.97 Å². The fourth-order valence-corrected chi connectivity index (χ4v) is 2.53. The van der Waals surface area contributed by atoms with Crippen LogP contribution in [0.25, 0.3) is 11.5 Å². The molecule has 0 amide bonds. The van der Waals surface area contributed by atoms with Crippen molar-refractivity contribution < 1.29 is 14.4 Å². The fourth-order valence-electron chi connectivity index (χ4n) is 2.31. The lowest BCUT2D eigenvalue weighted by Crippen LogP contribution is -2.56. The summed E-state index contributed by atoms with van der Waals surface area (Å²) < 4.78 is 5.18. The Hall–Kier alpha value is -1.92. The Labute approximate surface area is 126 Å². The predicted octanol–water partition coefficient (Wildman–Crippen LogP) is 2.49. The second kappa shape index (κ2) is 5.46. The van der Waals surface area contributed by atoms with Crippen molar-refractivity contribution in [2.75, 3.05) is 0 Å². The van der Waals surface area contributed by atoms with Gasteiger partial charge < -0.3 is 9.63 Å². The topological polar surface area (TPSA) is 88.2 Å². The Morgan fingerprint density at radius 3 is 2.81 bits per heavy atom. The van der Waals surface area contributed by atoms with Crippen LogP contribution in [-0.4, -0.2) is 26.8 Å². The minimum atomic E-state index is -0.842. The zero-order valence-corrected chi connectivity index (χ0v) is 11.9. The van der Waals surface area contributed by atoms with Crippen LogP contribution in [0.4, 0.5) is 0 Å². The molecule has 3 rings (SSSR count). The van der Waals surface area contributed by atoms with Gasteiger partial charge in [0.25, 0.3) is 5.89 Å². The highest BCUT2D eigenvalue weighted by Crippen LogP contribution is 2.32. The Bertz CT molecular complexity index is 667. The Balaban J connectivity index is 1.71. The third-order valence-corrected chi connectivity index (χ3v) is 4.10. The maximum atomic E-state index is 11.3. The van der Waals surface area contributed by atoms with E-state index in [0.29, 0.717) is 35.1 Å². The minimum absolute atomic E-state index is 0.250. The summed E-state index contributed by atoms with van der Waals surface area (Å²) in [6.45, 7) is 0.250. The van der Waals surface area contributed by atoms with Gasteiger partial charge in [-0.25, -0.2) is 0 Å². The summed E-state index contributed by atoms with van der Waals surface area (Å²) in [7, 11) is 0. The van der Waals surface area contributed by atoms with Crippen LogP contribution in [-0.2, 0) is 11.3 Å². The zero-order chi connectivity index (χ0) is 14.9. The van der Waals surface area contributed by atoms with Crippen LogP contribution in [0.1, 0.15) is 25.1 Å². The van der Waals surface area contributed by atoms with Crippen LogP contribution in [0.5, 0.6) is 0 Å². The second-order valence-electron chi connectivity index (χ2n) is 5.09. The first-order chi connectivity index (χ1) is 10.1. The molecule has 7 heteroatoms. The largest absolute Gasteiger partial charge is 0.480 e. The Kier molecular flexibility index (Phi) is 3.65. The van der Waals surface area contributed by atoms with E-state index in [2.05, 4.69) is 15.5 Å². The number of benzene rings is 1. The average molecular weight is 308 g/mol. The molecule has 0 saturated heterocycles. The van der Waals surface area contributed by atoms with Crippen molar-refractivity contribution in [3.63, 3.8) is 0 Å². The van der Waals surface area contributed by atoms with E-state index in [-0.39, 0.29) is 6.54 Å². The highest BCUT2D eigenvalue weighted by Gasteiger charge is 2.44. The molecular weight excluding hydrogens is 294 g/mol. The second-order valence-corrected chi connectivity index (χ2v) is 5.50. The van der Waals surface area contributed by atoms with Crippen LogP contribution in [0.2, 0.25) is 5.02 Å². The predicted molar refractivity (Wildman–Crippen MR) is 75.8 cm³/mol. The number of aromatic nitrogens is 2. The molecule has 0 bridgehead atoms. The van der Waals surface area contributed by atoms with Gasteiger partial charge in [-0.05, 0) is 31.4 Å². The summed E-state index contributed by atoms with van der Waals surface area (Å²) >= 11 is 6.07. The summed E-state index contributed by atoms with van der Waals surface area (Å²) in [6.07, 6.45) is 2.16. The number of nitrogens with zero attached hydrogens (tertiary/aromatic N) is 2. The summed E-state index contributed by atoms with van der Waals surface area (Å²) in [6, 6.07) is 7.18. The van der Waals surface area contributed by atoms with Gasteiger partial charge in [0.15, 0.2) is 5.82 Å². The quantitative estimate of drug-likeness (QED) is 0.882. The first-order valence-electron chi connectivity index (χ1n) is 6.67. The first-order valence-corrected chi connectivity index (χ1v) is 7.04. The molecule has 0 atom stereocenters. The molecule has 110 valence electrons. The van der Waals surface area contributed by atoms with Crippen molar-refractivity contribution in [1.82, 2.24) is 15.5 Å². The maximum Gasteiger partial charge on any atom is 0.323 e. The number of hydrogen-bond donors (Lipinski definition) is 2. The summed E-state index contributed by atoms with van der Waals surface area (Å²) in [5, 5.41) is 16.6. The summed E-state index contributed by atoms with van der Waals surface area (Å²) in [4.78, 5) is 15.5. The number of rotatable bonds is 5. The molecular formula is C14H14ClN3O3. The normalized spacial score (nSPS) is 16.4. The molecule has 1 saturated carbocycles. The van der Waals surface area contributed by atoms with Crippen molar-refractivity contribution in [3.8, 4) is 11.5 Å². The molecule has 21 heavy (non-hydrogen) atoms. The van der Waals surface area contributed by atoms with Gasteiger partial charge in [-0.3, -0.25) is 10.1 Å². The fraction of sp³-hybridized carbons (Fsp3) is 0.357. The van der Waals surface area contributed by atoms with Crippen LogP contribution in [0.15, 0.2) is 28.8 Å². The van der Waals surface area contributed by atoms with Crippen LogP contribution >= 0.6 is 11.6 Å². The molecule has 1 fully saturated rings. The van der Waals surface area contributed by atoms with E-state index in [0.717, 1.165) is 6.42 Å². The van der Waals surface area contributed by atoms with Gasteiger partial charge in [0, 0.05) is 0 Å². The molecule has 2 aromatic rings. The van der Waals surface area contributed by atoms with Gasteiger partial charge in [-0.2, -0.15) is 4.98 Å². The number of carboxylic acids is 1. The van der Waals surface area contributed by atoms with E-state index in [1.807, 2.05) is 12.1 Å². The lowest BCUT2D eigenvalue weighted by molar-refractivity contribution is -0.148. The van der Waals surface area contributed by atoms with E-state index in [1.165, 1.54) is 0 Å². The Morgan fingerprint density at radius 1 is 1.43 bits per heavy atom. The Morgan fingerprint density at radius 2 is 2.19 bits per heavy atom. The zero-order valence-electron chi connectivity index (χ0n) is 11.2. The molecule has 1 aliphatic carbocycles. The third-order valence-electron chi connectivity index (χ3n) is 3.77. The highest BCUT2D eigenvalue weighted by molar-refractivity contribution is 6.33. The van der Waals surface area contributed by atoms with Crippen LogP contribution in [0, 0.1) is 0 Å². The van der Waals surface area contributed by atoms with Crippen molar-refractivity contribution in [2.24, 2.45) is 0 Å². The average Bonchev–Trinajstić information content (AvgIpc) is 2.86. The standard InChI is InChI=1S/C14H14ClN3O3/c15-10-5-2-1-4-9(10)12-17-11(18-21-12)8-16-14(13(19)20)6-3-7-14/h1-2,4-5,16H,3,6-8H2,(H,19,20). The molecule has 6 nitrogen and oxygen atoms in total. The highest BCUT2D eigenvalue weighted by atomic mass is 35.5. The molecule has 0 spiro atoms. The van der Waals surface area contributed by atoms with Crippen molar-refractivity contribution >= 4 is 17.6 Å². The molecule has 0 unspecified atom stereocenters. The van der Waals surface area contributed by atoms with E-state index in [1.54, 1.807) is 12.1 Å².